The lowest BCUT2D eigenvalue weighted by molar-refractivity contribution is -0.125. The molecule has 7 heteroatoms. The number of amides is 1. The lowest BCUT2D eigenvalue weighted by Gasteiger charge is -2.36. The topological polar surface area (TPSA) is 100 Å². The van der Waals surface area contributed by atoms with E-state index in [9.17, 15) is 14.9 Å². The molecular weight excluding hydrogens is 376 g/mol. The number of carbonyl (C=O) groups excluding carboxylic acids is 2. The van der Waals surface area contributed by atoms with Crippen molar-refractivity contribution in [1.82, 2.24) is 4.98 Å². The molecule has 1 aromatic heterocycles. The summed E-state index contributed by atoms with van der Waals surface area (Å²) in [5.74, 6) is -1.63. The fraction of sp³-hybridized carbons (Fsp3) is 0.238. The van der Waals surface area contributed by atoms with Crippen molar-refractivity contribution in [3.8, 4) is 6.07 Å². The van der Waals surface area contributed by atoms with Gasteiger partial charge in [-0.15, -0.1) is 0 Å². The Hall–Kier alpha value is -3.17. The summed E-state index contributed by atoms with van der Waals surface area (Å²) in [5.41, 5.74) is 6.45. The zero-order valence-electron chi connectivity index (χ0n) is 15.0. The average Bonchev–Trinajstić information content (AvgIpc) is 3.00. The molecule has 1 amide bonds. The summed E-state index contributed by atoms with van der Waals surface area (Å²) in [4.78, 5) is 31.4. The summed E-state index contributed by atoms with van der Waals surface area (Å²) in [6.07, 6.45) is 6.75. The molecule has 140 valence electrons. The molecule has 2 aliphatic heterocycles. The highest BCUT2D eigenvalue weighted by Crippen LogP contribution is 2.55. The van der Waals surface area contributed by atoms with Crippen LogP contribution < -0.4 is 10.6 Å². The van der Waals surface area contributed by atoms with Crippen LogP contribution in [0.1, 0.15) is 24.0 Å². The third-order valence-electron chi connectivity index (χ3n) is 5.67. The number of Topliss-reactive ketones (excluding diaryl/α,β-unsaturated/α-hetero) is 1. The van der Waals surface area contributed by atoms with Gasteiger partial charge in [-0.05, 0) is 48.4 Å². The van der Waals surface area contributed by atoms with Crippen LogP contribution in [0.5, 0.6) is 0 Å². The zero-order chi connectivity index (χ0) is 20.1. The van der Waals surface area contributed by atoms with E-state index < -0.39 is 29.3 Å². The number of hydrogen-bond donors (Lipinski definition) is 1. The summed E-state index contributed by atoms with van der Waals surface area (Å²) >= 11 is 6.12. The second-order valence-corrected chi connectivity index (χ2v) is 7.51. The van der Waals surface area contributed by atoms with E-state index in [4.69, 9.17) is 17.3 Å². The van der Waals surface area contributed by atoms with Crippen LogP contribution in [0.25, 0.3) is 6.08 Å². The van der Waals surface area contributed by atoms with Crippen molar-refractivity contribution in [3.63, 3.8) is 0 Å². The van der Waals surface area contributed by atoms with E-state index in [1.165, 1.54) is 6.92 Å². The van der Waals surface area contributed by atoms with Gasteiger partial charge in [-0.1, -0.05) is 23.8 Å². The molecular formula is C21H17ClN4O2. The minimum atomic E-state index is -1.61. The monoisotopic (exact) mass is 392 g/mol. The summed E-state index contributed by atoms with van der Waals surface area (Å²) in [5, 5.41) is 10.8. The molecule has 4 atom stereocenters. The van der Waals surface area contributed by atoms with Gasteiger partial charge in [-0.2, -0.15) is 5.26 Å². The third kappa shape index (κ3) is 2.36. The molecule has 3 heterocycles. The molecule has 1 fully saturated rings. The number of fused-ring (bicyclic) bond motifs is 3. The summed E-state index contributed by atoms with van der Waals surface area (Å²) in [6, 6.07) is 9.55. The normalized spacial score (nSPS) is 27.6. The Morgan fingerprint density at radius 3 is 2.61 bits per heavy atom. The molecule has 0 aliphatic carbocycles. The Kier molecular flexibility index (Phi) is 4.20. The smallest absolute Gasteiger partial charge is 0.241 e. The molecule has 1 aromatic carbocycles. The highest BCUT2D eigenvalue weighted by Gasteiger charge is 2.65. The molecule has 0 unspecified atom stereocenters. The first kappa shape index (κ1) is 18.2. The van der Waals surface area contributed by atoms with Crippen LogP contribution in [0.4, 0.5) is 5.69 Å². The number of ketones is 1. The van der Waals surface area contributed by atoms with Gasteiger partial charge in [0.05, 0.1) is 18.2 Å². The van der Waals surface area contributed by atoms with Gasteiger partial charge in [0.2, 0.25) is 5.91 Å². The van der Waals surface area contributed by atoms with E-state index in [0.29, 0.717) is 10.6 Å². The maximum absolute atomic E-state index is 12.8. The quantitative estimate of drug-likeness (QED) is 0.865. The SMILES string of the molecule is CC(=O)[C@@H]1[C@H](c2ccncc2)[C@@](C#N)(C(N)=O)[C@@H]2C=Cc3cc(Cl)ccc3N12. The van der Waals surface area contributed by atoms with Gasteiger partial charge in [-0.25, -0.2) is 0 Å². The Labute approximate surface area is 167 Å². The second kappa shape index (κ2) is 6.47. The molecule has 0 bridgehead atoms. The van der Waals surface area contributed by atoms with Crippen molar-refractivity contribution in [3.05, 3.63) is 65.0 Å². The molecule has 4 rings (SSSR count). The van der Waals surface area contributed by atoms with Crippen molar-refractivity contribution in [2.24, 2.45) is 11.1 Å². The number of halogens is 1. The maximum atomic E-state index is 12.8. The van der Waals surface area contributed by atoms with Crippen LogP contribution in [0.15, 0.2) is 48.8 Å². The molecule has 1 saturated heterocycles. The highest BCUT2D eigenvalue weighted by molar-refractivity contribution is 6.30. The Balaban J connectivity index is 2.03. The van der Waals surface area contributed by atoms with Crippen LogP contribution in [0.3, 0.4) is 0 Å². The minimum absolute atomic E-state index is 0.151. The van der Waals surface area contributed by atoms with Crippen LogP contribution >= 0.6 is 11.6 Å². The first-order chi connectivity index (χ1) is 13.4. The Morgan fingerprint density at radius 2 is 2.00 bits per heavy atom. The second-order valence-electron chi connectivity index (χ2n) is 7.07. The van der Waals surface area contributed by atoms with Crippen molar-refractivity contribution >= 4 is 35.1 Å². The first-order valence-electron chi connectivity index (χ1n) is 8.79. The lowest BCUT2D eigenvalue weighted by atomic mass is 9.68. The number of nitriles is 1. The minimum Gasteiger partial charge on any atom is -0.368 e. The summed E-state index contributed by atoms with van der Waals surface area (Å²) in [7, 11) is 0. The van der Waals surface area contributed by atoms with Gasteiger partial charge in [0.15, 0.2) is 11.2 Å². The van der Waals surface area contributed by atoms with Crippen LogP contribution in [0, 0.1) is 16.7 Å². The van der Waals surface area contributed by atoms with E-state index in [1.807, 2.05) is 17.0 Å². The zero-order valence-corrected chi connectivity index (χ0v) is 15.8. The summed E-state index contributed by atoms with van der Waals surface area (Å²) < 4.78 is 0. The van der Waals surface area contributed by atoms with Crippen LogP contribution in [-0.2, 0) is 9.59 Å². The highest BCUT2D eigenvalue weighted by atomic mass is 35.5. The number of benzene rings is 1. The maximum Gasteiger partial charge on any atom is 0.241 e. The number of carbonyl (C=O) groups is 2. The molecule has 28 heavy (non-hydrogen) atoms. The molecule has 2 aromatic rings. The van der Waals surface area contributed by atoms with Gasteiger partial charge >= 0.3 is 0 Å². The van der Waals surface area contributed by atoms with Gasteiger partial charge in [-0.3, -0.25) is 14.6 Å². The van der Waals surface area contributed by atoms with Gasteiger partial charge in [0.25, 0.3) is 0 Å². The van der Waals surface area contributed by atoms with Crippen molar-refractivity contribution in [1.29, 1.82) is 5.26 Å². The molecule has 0 radical (unpaired) electrons. The number of nitrogens with two attached hydrogens (primary N) is 1. The van der Waals surface area contributed by atoms with Gasteiger partial charge in [0.1, 0.15) is 0 Å². The number of pyridine rings is 1. The Bertz CT molecular complexity index is 1050. The fourth-order valence-corrected chi connectivity index (χ4v) is 4.74. The van der Waals surface area contributed by atoms with E-state index in [0.717, 1.165) is 11.3 Å². The summed E-state index contributed by atoms with van der Waals surface area (Å²) in [6.45, 7) is 1.47. The largest absolute Gasteiger partial charge is 0.368 e. The number of anilines is 1. The number of primary amides is 1. The van der Waals surface area contributed by atoms with Gasteiger partial charge < -0.3 is 10.6 Å². The molecule has 0 spiro atoms. The van der Waals surface area contributed by atoms with E-state index >= 15 is 0 Å². The van der Waals surface area contributed by atoms with Crippen LogP contribution in [0.2, 0.25) is 5.02 Å². The van der Waals surface area contributed by atoms with Crippen molar-refractivity contribution in [2.75, 3.05) is 4.90 Å². The number of hydrogen-bond acceptors (Lipinski definition) is 5. The van der Waals surface area contributed by atoms with Crippen LogP contribution in [-0.4, -0.2) is 28.8 Å². The van der Waals surface area contributed by atoms with Gasteiger partial charge in [0, 0.05) is 29.0 Å². The number of aromatic nitrogens is 1. The van der Waals surface area contributed by atoms with Crippen molar-refractivity contribution < 1.29 is 9.59 Å². The number of nitrogens with zero attached hydrogens (tertiary/aromatic N) is 3. The lowest BCUT2D eigenvalue weighted by Crippen LogP contribution is -2.48. The number of rotatable bonds is 3. The molecule has 2 N–H and O–H groups in total. The van der Waals surface area contributed by atoms with E-state index in [-0.39, 0.29) is 5.78 Å². The first-order valence-corrected chi connectivity index (χ1v) is 9.17. The molecule has 2 aliphatic rings. The standard InChI is InChI=1S/C21H17ClN4O2/c1-12(27)19-18(13-6-8-25-9-7-13)21(11-23,20(24)28)17-5-2-14-10-15(22)3-4-16(14)26(17)19/h2-10,17-19H,1H3,(H2,24,28)/t17-,18-,19+,21-/m0/s1. The Morgan fingerprint density at radius 1 is 1.29 bits per heavy atom. The predicted molar refractivity (Wildman–Crippen MR) is 105 cm³/mol. The van der Waals surface area contributed by atoms with E-state index in [2.05, 4.69) is 11.1 Å². The molecule has 0 saturated carbocycles. The third-order valence-corrected chi connectivity index (χ3v) is 5.91. The molecule has 6 nitrogen and oxygen atoms in total. The van der Waals surface area contributed by atoms with Crippen molar-refractivity contribution in [2.45, 2.75) is 24.9 Å². The predicted octanol–water partition coefficient (Wildman–Crippen LogP) is 2.69. The fourth-order valence-electron chi connectivity index (χ4n) is 4.56. The van der Waals surface area contributed by atoms with E-state index in [1.54, 1.807) is 42.7 Å². The average molecular weight is 393 g/mol.